The molecule has 0 fully saturated rings. The molecule has 0 saturated heterocycles. The molecule has 0 amide bonds. The van der Waals surface area contributed by atoms with Gasteiger partial charge in [-0.1, -0.05) is 12.1 Å². The Morgan fingerprint density at radius 3 is 2.80 bits per heavy atom. The Morgan fingerprint density at radius 1 is 1.40 bits per heavy atom. The zero-order valence-corrected chi connectivity index (χ0v) is 11.1. The van der Waals surface area contributed by atoms with Crippen LogP contribution < -0.4 is 4.90 Å². The van der Waals surface area contributed by atoms with E-state index in [1.165, 1.54) is 0 Å². The molecule has 0 radical (unpaired) electrons. The number of anilines is 1. The first kappa shape index (κ1) is 13.7. The van der Waals surface area contributed by atoms with Crippen LogP contribution in [0.25, 0.3) is 10.9 Å². The van der Waals surface area contributed by atoms with Gasteiger partial charge < -0.3 is 10.0 Å². The highest BCUT2D eigenvalue weighted by Crippen LogP contribution is 2.23. The van der Waals surface area contributed by atoms with Gasteiger partial charge >= 0.3 is 5.97 Å². The van der Waals surface area contributed by atoms with Crippen LogP contribution in [0.15, 0.2) is 24.3 Å². The molecule has 1 heterocycles. The average Bonchev–Trinajstić information content (AvgIpc) is 2.47. The van der Waals surface area contributed by atoms with Crippen molar-refractivity contribution in [1.82, 2.24) is 9.97 Å². The maximum Gasteiger partial charge on any atom is 0.374 e. The summed E-state index contributed by atoms with van der Waals surface area (Å²) in [6.07, 6.45) is 0.356. The minimum absolute atomic E-state index is 0.228. The van der Waals surface area contributed by atoms with Gasteiger partial charge in [0.05, 0.1) is 18.0 Å². The minimum atomic E-state index is -1.16. The van der Waals surface area contributed by atoms with E-state index in [1.54, 1.807) is 12.1 Å². The van der Waals surface area contributed by atoms with Crippen LogP contribution in [-0.2, 0) is 0 Å². The second-order valence-corrected chi connectivity index (χ2v) is 4.18. The number of nitrogens with zero attached hydrogens (tertiary/aromatic N) is 4. The van der Waals surface area contributed by atoms with Crippen molar-refractivity contribution in [3.05, 3.63) is 30.1 Å². The fourth-order valence-electron chi connectivity index (χ4n) is 2.00. The largest absolute Gasteiger partial charge is 0.475 e. The highest BCUT2D eigenvalue weighted by Gasteiger charge is 2.16. The molecule has 1 aromatic carbocycles. The average molecular weight is 270 g/mol. The number of fused-ring (bicyclic) bond motifs is 1. The number of carboxylic acid groups (broad SMARTS) is 1. The van der Waals surface area contributed by atoms with Gasteiger partial charge in [0.2, 0.25) is 5.82 Å². The number of hydrogen-bond donors (Lipinski definition) is 1. The normalized spacial score (nSPS) is 10.2. The van der Waals surface area contributed by atoms with Gasteiger partial charge in [-0.25, -0.2) is 14.8 Å². The Kier molecular flexibility index (Phi) is 4.11. The summed E-state index contributed by atoms with van der Waals surface area (Å²) in [7, 11) is 0. The molecule has 102 valence electrons. The van der Waals surface area contributed by atoms with Crippen LogP contribution in [0.2, 0.25) is 0 Å². The van der Waals surface area contributed by atoms with Crippen molar-refractivity contribution in [2.24, 2.45) is 0 Å². The molecule has 0 bridgehead atoms. The van der Waals surface area contributed by atoms with Crippen LogP contribution in [0, 0.1) is 11.3 Å². The molecule has 0 aliphatic rings. The van der Waals surface area contributed by atoms with Crippen LogP contribution >= 0.6 is 0 Å². The van der Waals surface area contributed by atoms with Crippen molar-refractivity contribution in [3.63, 3.8) is 0 Å². The summed E-state index contributed by atoms with van der Waals surface area (Å²) >= 11 is 0. The SMILES string of the molecule is CCN(CCC#N)c1nc(C(=O)O)nc2ccccc12. The maximum atomic E-state index is 11.1. The minimum Gasteiger partial charge on any atom is -0.475 e. The van der Waals surface area contributed by atoms with E-state index in [-0.39, 0.29) is 5.82 Å². The standard InChI is InChI=1S/C14H14N4O2/c1-2-18(9-5-8-15)13-10-6-3-4-7-11(10)16-12(17-13)14(19)20/h3-4,6-7H,2,5,9H2,1H3,(H,19,20). The zero-order chi connectivity index (χ0) is 14.5. The lowest BCUT2D eigenvalue weighted by Crippen LogP contribution is -2.26. The van der Waals surface area contributed by atoms with E-state index >= 15 is 0 Å². The van der Waals surface area contributed by atoms with Crippen LogP contribution in [0.1, 0.15) is 24.0 Å². The monoisotopic (exact) mass is 270 g/mol. The number of nitriles is 1. The Bertz CT molecular complexity index is 678. The first-order valence-corrected chi connectivity index (χ1v) is 6.29. The van der Waals surface area contributed by atoms with E-state index in [0.717, 1.165) is 5.39 Å². The van der Waals surface area contributed by atoms with Crippen molar-refractivity contribution >= 4 is 22.7 Å². The molecule has 0 aliphatic heterocycles. The third-order valence-corrected chi connectivity index (χ3v) is 2.95. The maximum absolute atomic E-state index is 11.1. The molecule has 0 spiro atoms. The fourth-order valence-corrected chi connectivity index (χ4v) is 2.00. The van der Waals surface area contributed by atoms with E-state index in [2.05, 4.69) is 16.0 Å². The predicted octanol–water partition coefficient (Wildman–Crippen LogP) is 2.07. The van der Waals surface area contributed by atoms with Crippen molar-refractivity contribution in [2.75, 3.05) is 18.0 Å². The highest BCUT2D eigenvalue weighted by molar-refractivity contribution is 5.93. The molecule has 0 atom stereocenters. The smallest absolute Gasteiger partial charge is 0.374 e. The molecule has 2 aromatic rings. The van der Waals surface area contributed by atoms with Crippen molar-refractivity contribution in [2.45, 2.75) is 13.3 Å². The number of aromatic nitrogens is 2. The van der Waals surface area contributed by atoms with Gasteiger partial charge in [0.25, 0.3) is 0 Å². The molecule has 6 nitrogen and oxygen atoms in total. The summed E-state index contributed by atoms with van der Waals surface area (Å²) in [5.74, 6) is -0.826. The number of para-hydroxylation sites is 1. The molecule has 0 aliphatic carbocycles. The predicted molar refractivity (Wildman–Crippen MR) is 74.6 cm³/mol. The lowest BCUT2D eigenvalue weighted by molar-refractivity contribution is 0.0684. The first-order valence-electron chi connectivity index (χ1n) is 6.29. The third-order valence-electron chi connectivity index (χ3n) is 2.95. The second kappa shape index (κ2) is 5.97. The van der Waals surface area contributed by atoms with E-state index in [4.69, 9.17) is 10.4 Å². The zero-order valence-electron chi connectivity index (χ0n) is 11.1. The van der Waals surface area contributed by atoms with Crippen LogP contribution in [0.3, 0.4) is 0 Å². The lowest BCUT2D eigenvalue weighted by atomic mass is 10.2. The molecule has 0 unspecified atom stereocenters. The van der Waals surface area contributed by atoms with Gasteiger partial charge in [-0.15, -0.1) is 0 Å². The summed E-state index contributed by atoms with van der Waals surface area (Å²) in [5, 5.41) is 18.6. The summed E-state index contributed by atoms with van der Waals surface area (Å²) < 4.78 is 0. The highest BCUT2D eigenvalue weighted by atomic mass is 16.4. The number of carboxylic acids is 1. The van der Waals surface area contributed by atoms with Gasteiger partial charge in [-0.05, 0) is 19.1 Å². The number of rotatable bonds is 5. The lowest BCUT2D eigenvalue weighted by Gasteiger charge is -2.22. The number of aromatic carboxylic acids is 1. The van der Waals surface area contributed by atoms with Crippen molar-refractivity contribution in [1.29, 1.82) is 5.26 Å². The molecule has 0 saturated carbocycles. The summed E-state index contributed by atoms with van der Waals surface area (Å²) in [5.41, 5.74) is 0.588. The fraction of sp³-hybridized carbons (Fsp3) is 0.286. The molecular weight excluding hydrogens is 256 g/mol. The molecule has 2 rings (SSSR count). The van der Waals surface area contributed by atoms with Gasteiger partial charge in [0, 0.05) is 18.5 Å². The summed E-state index contributed by atoms with van der Waals surface area (Å²) in [4.78, 5) is 21.2. The number of carbonyl (C=O) groups is 1. The number of hydrogen-bond acceptors (Lipinski definition) is 5. The first-order chi connectivity index (χ1) is 9.67. The molecule has 1 N–H and O–H groups in total. The van der Waals surface area contributed by atoms with Crippen molar-refractivity contribution < 1.29 is 9.90 Å². The van der Waals surface area contributed by atoms with E-state index in [9.17, 15) is 4.79 Å². The molecular formula is C14H14N4O2. The molecule has 1 aromatic heterocycles. The topological polar surface area (TPSA) is 90.1 Å². The van der Waals surface area contributed by atoms with Crippen LogP contribution in [-0.4, -0.2) is 34.1 Å². The van der Waals surface area contributed by atoms with Crippen molar-refractivity contribution in [3.8, 4) is 6.07 Å². The Hall–Kier alpha value is -2.68. The van der Waals surface area contributed by atoms with Crippen LogP contribution in [0.5, 0.6) is 0 Å². The van der Waals surface area contributed by atoms with E-state index in [1.807, 2.05) is 24.0 Å². The van der Waals surface area contributed by atoms with Gasteiger partial charge in [-0.3, -0.25) is 0 Å². The Balaban J connectivity index is 2.59. The van der Waals surface area contributed by atoms with Crippen LogP contribution in [0.4, 0.5) is 5.82 Å². The summed E-state index contributed by atoms with van der Waals surface area (Å²) in [6, 6.07) is 9.35. The third kappa shape index (κ3) is 2.67. The van der Waals surface area contributed by atoms with Gasteiger partial charge in [0.1, 0.15) is 5.82 Å². The van der Waals surface area contributed by atoms with E-state index < -0.39 is 5.97 Å². The Morgan fingerprint density at radius 2 is 2.15 bits per heavy atom. The molecule has 6 heteroatoms. The van der Waals surface area contributed by atoms with Gasteiger partial charge in [-0.2, -0.15) is 5.26 Å². The Labute approximate surface area is 116 Å². The summed E-state index contributed by atoms with van der Waals surface area (Å²) in [6.45, 7) is 3.09. The second-order valence-electron chi connectivity index (χ2n) is 4.18. The number of benzene rings is 1. The molecule has 20 heavy (non-hydrogen) atoms. The van der Waals surface area contributed by atoms with E-state index in [0.29, 0.717) is 30.8 Å². The quantitative estimate of drug-likeness (QED) is 0.894. The van der Waals surface area contributed by atoms with Gasteiger partial charge in [0.15, 0.2) is 0 Å².